The van der Waals surface area contributed by atoms with Gasteiger partial charge in [-0.3, -0.25) is 4.79 Å². The van der Waals surface area contributed by atoms with Gasteiger partial charge in [-0.25, -0.2) is 0 Å². The first-order valence-corrected chi connectivity index (χ1v) is 6.27. The molecule has 2 saturated carbocycles. The predicted molar refractivity (Wildman–Crippen MR) is 66.5 cm³/mol. The van der Waals surface area contributed by atoms with Crippen molar-refractivity contribution in [2.75, 3.05) is 6.54 Å². The molecule has 0 bridgehead atoms. The van der Waals surface area contributed by atoms with Crippen LogP contribution in [0.4, 0.5) is 0 Å². The van der Waals surface area contributed by atoms with Gasteiger partial charge in [0, 0.05) is 12.0 Å². The molecular formula is C14H18N2O. The Kier molecular flexibility index (Phi) is 2.26. The average Bonchev–Trinajstić information content (AvgIpc) is 3.25. The Morgan fingerprint density at radius 1 is 1.18 bits per heavy atom. The van der Waals surface area contributed by atoms with Crippen molar-refractivity contribution in [1.82, 2.24) is 5.32 Å². The highest BCUT2D eigenvalue weighted by Crippen LogP contribution is 2.47. The number of amides is 1. The van der Waals surface area contributed by atoms with Crippen molar-refractivity contribution in [2.24, 2.45) is 5.73 Å². The number of hydrogen-bond acceptors (Lipinski definition) is 2. The summed E-state index contributed by atoms with van der Waals surface area (Å²) >= 11 is 0. The third-order valence-corrected chi connectivity index (χ3v) is 4.07. The number of nitrogens with one attached hydrogen (secondary N) is 1. The maximum atomic E-state index is 11.8. The number of nitrogens with two attached hydrogens (primary N) is 1. The standard InChI is InChI=1S/C14H18N2O/c15-14(8-9-14)12(17)16-10-13(6-7-13)11-4-2-1-3-5-11/h1-5H,6-10,15H2,(H,16,17). The Balaban J connectivity index is 1.64. The lowest BCUT2D eigenvalue weighted by Gasteiger charge is -2.18. The van der Waals surface area contributed by atoms with Gasteiger partial charge >= 0.3 is 0 Å². The van der Waals surface area contributed by atoms with Gasteiger partial charge in [-0.1, -0.05) is 30.3 Å². The van der Waals surface area contributed by atoms with E-state index in [-0.39, 0.29) is 11.3 Å². The second-order valence-electron chi connectivity index (χ2n) is 5.49. The Hall–Kier alpha value is -1.35. The summed E-state index contributed by atoms with van der Waals surface area (Å²) < 4.78 is 0. The van der Waals surface area contributed by atoms with E-state index < -0.39 is 5.54 Å². The van der Waals surface area contributed by atoms with E-state index >= 15 is 0 Å². The van der Waals surface area contributed by atoms with Crippen LogP contribution in [0.25, 0.3) is 0 Å². The first-order chi connectivity index (χ1) is 8.15. The summed E-state index contributed by atoms with van der Waals surface area (Å²) in [5, 5.41) is 3.02. The molecule has 2 fully saturated rings. The molecule has 2 aliphatic rings. The molecule has 3 N–H and O–H groups in total. The monoisotopic (exact) mass is 230 g/mol. The lowest BCUT2D eigenvalue weighted by Crippen LogP contribution is -2.45. The molecule has 2 aliphatic carbocycles. The Morgan fingerprint density at radius 3 is 2.35 bits per heavy atom. The van der Waals surface area contributed by atoms with Crippen molar-refractivity contribution in [3.8, 4) is 0 Å². The van der Waals surface area contributed by atoms with E-state index in [2.05, 4.69) is 29.6 Å². The van der Waals surface area contributed by atoms with Gasteiger partial charge < -0.3 is 11.1 Å². The normalized spacial score (nSPS) is 22.9. The minimum Gasteiger partial charge on any atom is -0.354 e. The molecule has 0 radical (unpaired) electrons. The highest BCUT2D eigenvalue weighted by atomic mass is 16.2. The fourth-order valence-electron chi connectivity index (χ4n) is 2.30. The highest BCUT2D eigenvalue weighted by Gasteiger charge is 2.49. The van der Waals surface area contributed by atoms with Crippen LogP contribution in [0.5, 0.6) is 0 Å². The average molecular weight is 230 g/mol. The molecule has 0 heterocycles. The molecule has 3 rings (SSSR count). The summed E-state index contributed by atoms with van der Waals surface area (Å²) in [5.74, 6) is 0.0275. The fourth-order valence-corrected chi connectivity index (χ4v) is 2.30. The van der Waals surface area contributed by atoms with Crippen LogP contribution >= 0.6 is 0 Å². The number of rotatable bonds is 4. The lowest BCUT2D eigenvalue weighted by atomic mass is 9.96. The first kappa shape index (κ1) is 10.8. The molecule has 1 amide bonds. The largest absolute Gasteiger partial charge is 0.354 e. The molecule has 3 heteroatoms. The molecule has 17 heavy (non-hydrogen) atoms. The minimum atomic E-state index is -0.549. The number of hydrogen-bond donors (Lipinski definition) is 2. The Bertz CT molecular complexity index is 433. The van der Waals surface area contributed by atoms with Crippen LogP contribution < -0.4 is 11.1 Å². The molecule has 3 nitrogen and oxygen atoms in total. The summed E-state index contributed by atoms with van der Waals surface area (Å²) in [4.78, 5) is 11.8. The molecular weight excluding hydrogens is 212 g/mol. The van der Waals surface area contributed by atoms with Gasteiger partial charge in [0.25, 0.3) is 0 Å². The molecule has 90 valence electrons. The molecule has 0 saturated heterocycles. The molecule has 1 aromatic carbocycles. The van der Waals surface area contributed by atoms with Gasteiger partial charge in [0.1, 0.15) is 0 Å². The van der Waals surface area contributed by atoms with Gasteiger partial charge in [-0.15, -0.1) is 0 Å². The number of carbonyl (C=O) groups excluding carboxylic acids is 1. The molecule has 0 spiro atoms. The van der Waals surface area contributed by atoms with Crippen molar-refractivity contribution in [3.05, 3.63) is 35.9 Å². The first-order valence-electron chi connectivity index (χ1n) is 6.27. The molecule has 0 aliphatic heterocycles. The second kappa shape index (κ2) is 3.57. The van der Waals surface area contributed by atoms with Crippen molar-refractivity contribution < 1.29 is 4.79 Å². The molecule has 0 aromatic heterocycles. The highest BCUT2D eigenvalue weighted by molar-refractivity contribution is 5.89. The van der Waals surface area contributed by atoms with Crippen LogP contribution in [0.1, 0.15) is 31.2 Å². The van der Waals surface area contributed by atoms with Crippen LogP contribution in [0, 0.1) is 0 Å². The topological polar surface area (TPSA) is 55.1 Å². The smallest absolute Gasteiger partial charge is 0.240 e. The summed E-state index contributed by atoms with van der Waals surface area (Å²) in [6.45, 7) is 0.731. The van der Waals surface area contributed by atoms with E-state index in [0.717, 1.165) is 32.2 Å². The second-order valence-corrected chi connectivity index (χ2v) is 5.49. The predicted octanol–water partition coefficient (Wildman–Crippen LogP) is 1.33. The molecule has 0 unspecified atom stereocenters. The van der Waals surface area contributed by atoms with E-state index in [9.17, 15) is 4.79 Å². The summed E-state index contributed by atoms with van der Waals surface area (Å²) in [5.41, 5.74) is 6.84. The van der Waals surface area contributed by atoms with Gasteiger partial charge in [-0.2, -0.15) is 0 Å². The van der Waals surface area contributed by atoms with Crippen LogP contribution in [0.15, 0.2) is 30.3 Å². The van der Waals surface area contributed by atoms with E-state index in [0.29, 0.717) is 0 Å². The van der Waals surface area contributed by atoms with Crippen molar-refractivity contribution in [1.29, 1.82) is 0 Å². The summed E-state index contributed by atoms with van der Waals surface area (Å²) in [6.07, 6.45) is 3.98. The minimum absolute atomic E-state index is 0.0275. The van der Waals surface area contributed by atoms with E-state index in [1.165, 1.54) is 5.56 Å². The molecule has 0 atom stereocenters. The van der Waals surface area contributed by atoms with Crippen LogP contribution in [-0.4, -0.2) is 18.0 Å². The maximum absolute atomic E-state index is 11.8. The zero-order valence-electron chi connectivity index (χ0n) is 9.91. The Labute approximate surface area is 101 Å². The van der Waals surface area contributed by atoms with Crippen molar-refractivity contribution in [3.63, 3.8) is 0 Å². The van der Waals surface area contributed by atoms with Crippen LogP contribution in [0.2, 0.25) is 0 Å². The molecule has 1 aromatic rings. The lowest BCUT2D eigenvalue weighted by molar-refractivity contribution is -0.123. The van der Waals surface area contributed by atoms with E-state index in [4.69, 9.17) is 5.73 Å². The van der Waals surface area contributed by atoms with Crippen LogP contribution in [-0.2, 0) is 10.2 Å². The zero-order chi connectivity index (χ0) is 11.9. The van der Waals surface area contributed by atoms with Gasteiger partial charge in [-0.05, 0) is 31.2 Å². The van der Waals surface area contributed by atoms with E-state index in [1.807, 2.05) is 6.07 Å². The quantitative estimate of drug-likeness (QED) is 0.819. The van der Waals surface area contributed by atoms with Crippen molar-refractivity contribution in [2.45, 2.75) is 36.6 Å². The fraction of sp³-hybridized carbons (Fsp3) is 0.500. The summed E-state index contributed by atoms with van der Waals surface area (Å²) in [6, 6.07) is 10.4. The van der Waals surface area contributed by atoms with Crippen LogP contribution in [0.3, 0.4) is 0 Å². The van der Waals surface area contributed by atoms with Crippen molar-refractivity contribution >= 4 is 5.91 Å². The number of carbonyl (C=O) groups is 1. The van der Waals surface area contributed by atoms with Gasteiger partial charge in [0.15, 0.2) is 0 Å². The third kappa shape index (κ3) is 1.95. The van der Waals surface area contributed by atoms with E-state index in [1.54, 1.807) is 0 Å². The maximum Gasteiger partial charge on any atom is 0.240 e. The van der Waals surface area contributed by atoms with Gasteiger partial charge in [0.05, 0.1) is 5.54 Å². The van der Waals surface area contributed by atoms with Gasteiger partial charge in [0.2, 0.25) is 5.91 Å². The third-order valence-electron chi connectivity index (χ3n) is 4.07. The number of benzene rings is 1. The summed E-state index contributed by atoms with van der Waals surface area (Å²) in [7, 11) is 0. The Morgan fingerprint density at radius 2 is 1.82 bits per heavy atom. The SMILES string of the molecule is NC1(C(=O)NCC2(c3ccccc3)CC2)CC1. The zero-order valence-corrected chi connectivity index (χ0v) is 9.91.